The zero-order valence-electron chi connectivity index (χ0n) is 8.82. The summed E-state index contributed by atoms with van der Waals surface area (Å²) in [6, 6.07) is 2.27. The standard InChI is InChI=1S/C10H14N4S/c1-7(10-3-4-13-14-10)11-5-9-6-12-8(2)15-9/h3-4,6-7,11H,5H2,1-2H3,(H,13,14). The molecule has 1 unspecified atom stereocenters. The minimum absolute atomic E-state index is 0.287. The van der Waals surface area contributed by atoms with Crippen LogP contribution in [0.25, 0.3) is 0 Å². The highest BCUT2D eigenvalue weighted by atomic mass is 32.1. The third-order valence-electron chi connectivity index (χ3n) is 2.24. The smallest absolute Gasteiger partial charge is 0.0897 e. The number of aryl methyl sites for hydroxylation is 1. The van der Waals surface area contributed by atoms with E-state index in [1.54, 1.807) is 17.5 Å². The van der Waals surface area contributed by atoms with Crippen LogP contribution in [-0.2, 0) is 6.54 Å². The van der Waals surface area contributed by atoms with Crippen molar-refractivity contribution in [2.45, 2.75) is 26.4 Å². The molecule has 0 fully saturated rings. The molecule has 0 aliphatic carbocycles. The van der Waals surface area contributed by atoms with E-state index in [0.29, 0.717) is 0 Å². The van der Waals surface area contributed by atoms with Crippen LogP contribution in [0.1, 0.15) is 28.5 Å². The van der Waals surface area contributed by atoms with E-state index in [4.69, 9.17) is 0 Å². The quantitative estimate of drug-likeness (QED) is 0.832. The molecule has 2 heterocycles. The van der Waals surface area contributed by atoms with Crippen LogP contribution in [0, 0.1) is 6.92 Å². The Balaban J connectivity index is 1.88. The maximum absolute atomic E-state index is 4.22. The van der Waals surface area contributed by atoms with Crippen LogP contribution in [0.5, 0.6) is 0 Å². The lowest BCUT2D eigenvalue weighted by atomic mass is 10.2. The summed E-state index contributed by atoms with van der Waals surface area (Å²) in [5, 5.41) is 11.4. The number of rotatable bonds is 4. The van der Waals surface area contributed by atoms with E-state index >= 15 is 0 Å². The predicted octanol–water partition coefficient (Wildman–Crippen LogP) is 2.03. The van der Waals surface area contributed by atoms with E-state index < -0.39 is 0 Å². The molecule has 0 aliphatic heterocycles. The van der Waals surface area contributed by atoms with E-state index in [0.717, 1.165) is 17.2 Å². The Bertz CT molecular complexity index is 407. The molecule has 2 rings (SSSR count). The van der Waals surface area contributed by atoms with Gasteiger partial charge in [-0.25, -0.2) is 4.98 Å². The number of aromatic nitrogens is 3. The van der Waals surface area contributed by atoms with Gasteiger partial charge in [-0.2, -0.15) is 5.10 Å². The number of nitrogens with zero attached hydrogens (tertiary/aromatic N) is 2. The molecule has 0 spiro atoms. The van der Waals surface area contributed by atoms with E-state index in [2.05, 4.69) is 27.4 Å². The Kier molecular flexibility index (Phi) is 3.13. The highest BCUT2D eigenvalue weighted by molar-refractivity contribution is 7.11. The summed E-state index contributed by atoms with van der Waals surface area (Å²) in [6.45, 7) is 4.99. The zero-order valence-corrected chi connectivity index (χ0v) is 9.64. The molecule has 0 aromatic carbocycles. The molecule has 1 atom stereocenters. The van der Waals surface area contributed by atoms with Gasteiger partial charge < -0.3 is 5.32 Å². The monoisotopic (exact) mass is 222 g/mol. The molecule has 0 amide bonds. The topological polar surface area (TPSA) is 53.6 Å². The second kappa shape index (κ2) is 4.55. The van der Waals surface area contributed by atoms with Crippen LogP contribution in [0.2, 0.25) is 0 Å². The van der Waals surface area contributed by atoms with Crippen molar-refractivity contribution in [3.05, 3.63) is 34.0 Å². The first-order chi connectivity index (χ1) is 7.25. The highest BCUT2D eigenvalue weighted by Crippen LogP contribution is 2.13. The van der Waals surface area contributed by atoms with E-state index in [-0.39, 0.29) is 6.04 Å². The molecule has 80 valence electrons. The summed E-state index contributed by atoms with van der Waals surface area (Å²) in [6.07, 6.45) is 3.69. The van der Waals surface area contributed by atoms with Gasteiger partial charge in [0, 0.05) is 29.9 Å². The predicted molar refractivity (Wildman–Crippen MR) is 60.7 cm³/mol. The lowest BCUT2D eigenvalue weighted by Gasteiger charge is -2.10. The number of thiazole rings is 1. The largest absolute Gasteiger partial charge is 0.304 e. The number of H-pyrrole nitrogens is 1. The minimum atomic E-state index is 0.287. The summed E-state index contributed by atoms with van der Waals surface area (Å²) in [7, 11) is 0. The van der Waals surface area contributed by atoms with E-state index in [1.807, 2.05) is 19.2 Å². The second-order valence-corrected chi connectivity index (χ2v) is 4.78. The highest BCUT2D eigenvalue weighted by Gasteiger charge is 2.06. The number of hydrogen-bond acceptors (Lipinski definition) is 4. The minimum Gasteiger partial charge on any atom is -0.304 e. The van der Waals surface area contributed by atoms with Gasteiger partial charge in [-0.05, 0) is 19.9 Å². The Hall–Kier alpha value is -1.20. The normalized spacial score (nSPS) is 12.9. The molecule has 2 N–H and O–H groups in total. The zero-order chi connectivity index (χ0) is 10.7. The molecule has 0 aliphatic rings. The first kappa shape index (κ1) is 10.3. The Labute approximate surface area is 92.8 Å². The number of nitrogens with one attached hydrogen (secondary N) is 2. The fraction of sp³-hybridized carbons (Fsp3) is 0.400. The van der Waals surface area contributed by atoms with Gasteiger partial charge in [0.05, 0.1) is 10.7 Å². The number of hydrogen-bond donors (Lipinski definition) is 2. The average Bonchev–Trinajstić information content (AvgIpc) is 2.84. The van der Waals surface area contributed by atoms with Crippen LogP contribution in [0.15, 0.2) is 18.5 Å². The van der Waals surface area contributed by atoms with Gasteiger partial charge in [-0.15, -0.1) is 11.3 Å². The molecular weight excluding hydrogens is 208 g/mol. The SMILES string of the molecule is Cc1ncc(CNC(C)c2ccn[nH]2)s1. The van der Waals surface area contributed by atoms with Gasteiger partial charge in [-0.3, -0.25) is 5.10 Å². The number of aromatic amines is 1. The van der Waals surface area contributed by atoms with Gasteiger partial charge in [-0.1, -0.05) is 0 Å². The molecule has 2 aromatic heterocycles. The van der Waals surface area contributed by atoms with Gasteiger partial charge in [0.1, 0.15) is 0 Å². The maximum atomic E-state index is 4.22. The lowest BCUT2D eigenvalue weighted by Crippen LogP contribution is -2.17. The molecule has 0 saturated heterocycles. The molecule has 0 saturated carbocycles. The van der Waals surface area contributed by atoms with E-state index in [9.17, 15) is 0 Å². The average molecular weight is 222 g/mol. The molecular formula is C10H14N4S. The van der Waals surface area contributed by atoms with Crippen LogP contribution >= 0.6 is 11.3 Å². The maximum Gasteiger partial charge on any atom is 0.0897 e. The summed E-state index contributed by atoms with van der Waals surface area (Å²) in [5.41, 5.74) is 1.11. The van der Waals surface area contributed by atoms with Crippen LogP contribution in [0.3, 0.4) is 0 Å². The fourth-order valence-corrected chi connectivity index (χ4v) is 2.10. The van der Waals surface area contributed by atoms with Gasteiger partial charge in [0.15, 0.2) is 0 Å². The van der Waals surface area contributed by atoms with Crippen LogP contribution in [0.4, 0.5) is 0 Å². The van der Waals surface area contributed by atoms with Crippen molar-refractivity contribution >= 4 is 11.3 Å². The first-order valence-electron chi connectivity index (χ1n) is 4.89. The van der Waals surface area contributed by atoms with E-state index in [1.165, 1.54) is 4.88 Å². The van der Waals surface area contributed by atoms with Gasteiger partial charge in [0.25, 0.3) is 0 Å². The fourth-order valence-electron chi connectivity index (χ4n) is 1.36. The Morgan fingerprint density at radius 3 is 3.07 bits per heavy atom. The van der Waals surface area contributed by atoms with Crippen LogP contribution < -0.4 is 5.32 Å². The van der Waals surface area contributed by atoms with Crippen molar-refractivity contribution < 1.29 is 0 Å². The summed E-state index contributed by atoms with van der Waals surface area (Å²) >= 11 is 1.73. The van der Waals surface area contributed by atoms with Crippen molar-refractivity contribution in [1.82, 2.24) is 20.5 Å². The van der Waals surface area contributed by atoms with Crippen molar-refractivity contribution in [3.63, 3.8) is 0 Å². The van der Waals surface area contributed by atoms with Gasteiger partial charge in [0.2, 0.25) is 0 Å². The second-order valence-electron chi connectivity index (χ2n) is 3.46. The van der Waals surface area contributed by atoms with Crippen molar-refractivity contribution in [1.29, 1.82) is 0 Å². The summed E-state index contributed by atoms with van der Waals surface area (Å²) in [4.78, 5) is 5.48. The third-order valence-corrected chi connectivity index (χ3v) is 3.15. The van der Waals surface area contributed by atoms with Crippen LogP contribution in [-0.4, -0.2) is 15.2 Å². The first-order valence-corrected chi connectivity index (χ1v) is 5.71. The Morgan fingerprint density at radius 2 is 2.47 bits per heavy atom. The van der Waals surface area contributed by atoms with Gasteiger partial charge >= 0.3 is 0 Å². The van der Waals surface area contributed by atoms with Crippen molar-refractivity contribution in [2.75, 3.05) is 0 Å². The summed E-state index contributed by atoms with van der Waals surface area (Å²) < 4.78 is 0. The molecule has 0 radical (unpaired) electrons. The third kappa shape index (κ3) is 2.64. The molecule has 5 heteroatoms. The molecule has 0 bridgehead atoms. The lowest BCUT2D eigenvalue weighted by molar-refractivity contribution is 0.563. The Morgan fingerprint density at radius 1 is 1.60 bits per heavy atom. The van der Waals surface area contributed by atoms with Crippen molar-refractivity contribution in [3.8, 4) is 0 Å². The molecule has 2 aromatic rings. The molecule has 4 nitrogen and oxygen atoms in total. The summed E-state index contributed by atoms with van der Waals surface area (Å²) in [5.74, 6) is 0. The molecule has 15 heavy (non-hydrogen) atoms. The van der Waals surface area contributed by atoms with Crippen molar-refractivity contribution in [2.24, 2.45) is 0 Å².